The van der Waals surface area contributed by atoms with E-state index < -0.39 is 14.9 Å². The van der Waals surface area contributed by atoms with E-state index in [0.29, 0.717) is 12.3 Å². The van der Waals surface area contributed by atoms with Crippen molar-refractivity contribution >= 4 is 21.5 Å². The summed E-state index contributed by atoms with van der Waals surface area (Å²) in [5.74, 6) is 0.524. The number of nitro benzene ring substituents is 1. The number of non-ortho nitro benzene ring substituents is 1. The molecule has 9 heteroatoms. The van der Waals surface area contributed by atoms with Gasteiger partial charge in [0.2, 0.25) is 0 Å². The van der Waals surface area contributed by atoms with Gasteiger partial charge in [0.05, 0.1) is 9.82 Å². The molecule has 0 bridgehead atoms. The Balaban J connectivity index is 2.24. The van der Waals surface area contributed by atoms with Gasteiger partial charge in [-0.05, 0) is 19.2 Å². The van der Waals surface area contributed by atoms with Gasteiger partial charge in [0.1, 0.15) is 5.84 Å². The lowest BCUT2D eigenvalue weighted by Crippen LogP contribution is -2.47. The molecule has 1 fully saturated rings. The van der Waals surface area contributed by atoms with Gasteiger partial charge >= 0.3 is 0 Å². The molecule has 0 spiro atoms. The Labute approximate surface area is 135 Å². The third-order valence-electron chi connectivity index (χ3n) is 3.76. The molecular weight excluding hydrogens is 320 g/mol. The molecule has 1 aliphatic rings. The molecule has 0 aliphatic carbocycles. The molecule has 0 amide bonds. The summed E-state index contributed by atoms with van der Waals surface area (Å²) in [5, 5.41) is 10.6. The van der Waals surface area contributed by atoms with Crippen molar-refractivity contribution < 1.29 is 13.3 Å². The molecule has 1 heterocycles. The fourth-order valence-corrected chi connectivity index (χ4v) is 3.45. The Kier molecular flexibility index (Phi) is 5.32. The summed E-state index contributed by atoms with van der Waals surface area (Å²) in [6, 6.07) is 4.77. The zero-order valence-electron chi connectivity index (χ0n) is 13.2. The van der Waals surface area contributed by atoms with Gasteiger partial charge in [-0.25, -0.2) is 0 Å². The van der Waals surface area contributed by atoms with Crippen LogP contribution in [-0.2, 0) is 10.0 Å². The number of benzene rings is 1. The van der Waals surface area contributed by atoms with E-state index in [1.165, 1.54) is 24.3 Å². The number of hydrogen-bond acceptors (Lipinski definition) is 5. The molecule has 0 atom stereocenters. The maximum Gasteiger partial charge on any atom is 0.283 e. The van der Waals surface area contributed by atoms with Crippen LogP contribution < -0.4 is 0 Å². The van der Waals surface area contributed by atoms with Crippen molar-refractivity contribution in [1.82, 2.24) is 9.80 Å². The summed E-state index contributed by atoms with van der Waals surface area (Å²) in [7, 11) is -1.85. The highest BCUT2D eigenvalue weighted by atomic mass is 32.2. The number of piperazine rings is 1. The monoisotopic (exact) mass is 340 g/mol. The second kappa shape index (κ2) is 7.05. The minimum Gasteiger partial charge on any atom is -0.357 e. The number of nitrogens with zero attached hydrogens (tertiary/aromatic N) is 4. The first-order valence-electron chi connectivity index (χ1n) is 7.35. The maximum atomic E-state index is 12.4. The van der Waals surface area contributed by atoms with Gasteiger partial charge in [-0.15, -0.1) is 4.40 Å². The Bertz CT molecular complexity index is 692. The summed E-state index contributed by atoms with van der Waals surface area (Å²) in [6.45, 7) is 5.05. The Morgan fingerprint density at radius 1 is 1.22 bits per heavy atom. The normalized spacial score (nSPS) is 17.3. The van der Waals surface area contributed by atoms with Crippen LogP contribution in [0.1, 0.15) is 13.3 Å². The smallest absolute Gasteiger partial charge is 0.283 e. The molecule has 1 aromatic rings. The van der Waals surface area contributed by atoms with Crippen LogP contribution in [0.3, 0.4) is 0 Å². The summed E-state index contributed by atoms with van der Waals surface area (Å²) >= 11 is 0. The van der Waals surface area contributed by atoms with Crippen LogP contribution in [0, 0.1) is 10.1 Å². The van der Waals surface area contributed by atoms with Crippen LogP contribution in [0.15, 0.2) is 33.6 Å². The van der Waals surface area contributed by atoms with E-state index in [1.54, 1.807) is 0 Å². The van der Waals surface area contributed by atoms with E-state index in [0.717, 1.165) is 26.2 Å². The summed E-state index contributed by atoms with van der Waals surface area (Å²) in [4.78, 5) is 14.2. The van der Waals surface area contributed by atoms with Gasteiger partial charge < -0.3 is 9.80 Å². The SMILES string of the molecule is CCC(=NS(=O)(=O)c1ccc([N+](=O)[O-])cc1)N1CCN(C)CC1. The molecule has 0 unspecified atom stereocenters. The first-order valence-corrected chi connectivity index (χ1v) is 8.79. The second-order valence-electron chi connectivity index (χ2n) is 5.38. The first-order chi connectivity index (χ1) is 10.8. The lowest BCUT2D eigenvalue weighted by Gasteiger charge is -2.34. The summed E-state index contributed by atoms with van der Waals surface area (Å²) in [5.41, 5.74) is -0.150. The van der Waals surface area contributed by atoms with E-state index in [-0.39, 0.29) is 10.6 Å². The molecule has 0 N–H and O–H groups in total. The van der Waals surface area contributed by atoms with Gasteiger partial charge in [0.25, 0.3) is 15.7 Å². The van der Waals surface area contributed by atoms with Crippen molar-refractivity contribution in [3.8, 4) is 0 Å². The van der Waals surface area contributed by atoms with E-state index >= 15 is 0 Å². The molecule has 0 saturated carbocycles. The second-order valence-corrected chi connectivity index (χ2v) is 6.98. The van der Waals surface area contributed by atoms with Crippen LogP contribution in [0.4, 0.5) is 5.69 Å². The van der Waals surface area contributed by atoms with E-state index in [2.05, 4.69) is 9.30 Å². The predicted octanol–water partition coefficient (Wildman–Crippen LogP) is 1.34. The highest BCUT2D eigenvalue weighted by Gasteiger charge is 2.21. The van der Waals surface area contributed by atoms with Gasteiger partial charge in [0.15, 0.2) is 0 Å². The molecule has 1 aromatic carbocycles. The lowest BCUT2D eigenvalue weighted by atomic mass is 10.3. The zero-order chi connectivity index (χ0) is 17.0. The standard InChI is InChI=1S/C14H20N4O4S/c1-3-14(17-10-8-16(2)9-11-17)15-23(21,22)13-6-4-12(5-7-13)18(19)20/h4-7H,3,8-11H2,1-2H3. The summed E-state index contributed by atoms with van der Waals surface area (Å²) in [6.07, 6.45) is 0.510. The van der Waals surface area contributed by atoms with Gasteiger partial charge in [-0.3, -0.25) is 10.1 Å². The quantitative estimate of drug-likeness (QED) is 0.355. The largest absolute Gasteiger partial charge is 0.357 e. The molecule has 2 rings (SSSR count). The van der Waals surface area contributed by atoms with Crippen molar-refractivity contribution in [3.05, 3.63) is 34.4 Å². The van der Waals surface area contributed by atoms with Crippen LogP contribution in [0.5, 0.6) is 0 Å². The maximum absolute atomic E-state index is 12.4. The van der Waals surface area contributed by atoms with Crippen LogP contribution in [0.2, 0.25) is 0 Å². The highest BCUT2D eigenvalue weighted by Crippen LogP contribution is 2.18. The predicted molar refractivity (Wildman–Crippen MR) is 87.1 cm³/mol. The van der Waals surface area contributed by atoms with Crippen molar-refractivity contribution in [1.29, 1.82) is 0 Å². The average Bonchev–Trinajstić information content (AvgIpc) is 2.53. The highest BCUT2D eigenvalue weighted by molar-refractivity contribution is 7.90. The van der Waals surface area contributed by atoms with Crippen LogP contribution in [-0.4, -0.2) is 62.2 Å². The minimum absolute atomic E-state index is 0.0387. The number of rotatable bonds is 4. The van der Waals surface area contributed by atoms with Crippen molar-refractivity contribution in [2.75, 3.05) is 33.2 Å². The third-order valence-corrected chi connectivity index (χ3v) is 5.07. The molecule has 1 saturated heterocycles. The number of amidine groups is 1. The Morgan fingerprint density at radius 3 is 2.26 bits per heavy atom. The minimum atomic E-state index is -3.87. The molecule has 8 nitrogen and oxygen atoms in total. The number of nitro groups is 1. The van der Waals surface area contributed by atoms with Gasteiger partial charge in [0, 0.05) is 44.7 Å². The molecule has 126 valence electrons. The van der Waals surface area contributed by atoms with Crippen molar-refractivity contribution in [3.63, 3.8) is 0 Å². The fourth-order valence-electron chi connectivity index (χ4n) is 2.34. The Morgan fingerprint density at radius 2 is 1.78 bits per heavy atom. The third kappa shape index (κ3) is 4.26. The molecule has 1 aliphatic heterocycles. The van der Waals surface area contributed by atoms with E-state index in [1.807, 2.05) is 18.9 Å². The molecule has 0 radical (unpaired) electrons. The zero-order valence-corrected chi connectivity index (χ0v) is 14.0. The fraction of sp³-hybridized carbons (Fsp3) is 0.500. The summed E-state index contributed by atoms with van der Waals surface area (Å²) < 4.78 is 28.7. The Hall–Kier alpha value is -2.00. The van der Waals surface area contributed by atoms with E-state index in [9.17, 15) is 18.5 Å². The number of sulfonamides is 1. The molecule has 0 aromatic heterocycles. The van der Waals surface area contributed by atoms with Crippen molar-refractivity contribution in [2.45, 2.75) is 18.2 Å². The van der Waals surface area contributed by atoms with E-state index in [4.69, 9.17) is 0 Å². The number of hydrogen-bond donors (Lipinski definition) is 0. The average molecular weight is 340 g/mol. The van der Waals surface area contributed by atoms with Crippen LogP contribution in [0.25, 0.3) is 0 Å². The van der Waals surface area contributed by atoms with Crippen molar-refractivity contribution in [2.24, 2.45) is 4.40 Å². The topological polar surface area (TPSA) is 96.1 Å². The molecule has 23 heavy (non-hydrogen) atoms. The van der Waals surface area contributed by atoms with Crippen LogP contribution >= 0.6 is 0 Å². The molecular formula is C14H20N4O4S. The first kappa shape index (κ1) is 17.4. The number of likely N-dealkylation sites (N-methyl/N-ethyl adjacent to an activating group) is 1. The van der Waals surface area contributed by atoms with Gasteiger partial charge in [-0.2, -0.15) is 8.42 Å². The lowest BCUT2D eigenvalue weighted by molar-refractivity contribution is -0.384. The van der Waals surface area contributed by atoms with Gasteiger partial charge in [-0.1, -0.05) is 6.92 Å².